The molecular formula is C18H20N8. The lowest BCUT2D eigenvalue weighted by atomic mass is 10.1. The largest absolute Gasteiger partial charge is 0.353 e. The second-order valence-corrected chi connectivity index (χ2v) is 6.70. The molecule has 5 rings (SSSR count). The molecule has 2 aliphatic heterocycles. The van der Waals surface area contributed by atoms with Crippen LogP contribution in [0.1, 0.15) is 0 Å². The maximum absolute atomic E-state index is 4.64. The van der Waals surface area contributed by atoms with E-state index in [0.717, 1.165) is 56.6 Å². The number of aromatic nitrogens is 5. The average molecular weight is 348 g/mol. The minimum atomic E-state index is 0.591. The molecule has 2 aliphatic rings. The molecule has 0 spiro atoms. The number of nitrogens with zero attached hydrogens (tertiary/aromatic N) is 8. The van der Waals surface area contributed by atoms with E-state index in [-0.39, 0.29) is 0 Å². The molecule has 3 aromatic rings. The van der Waals surface area contributed by atoms with Crippen LogP contribution in [0.4, 0.5) is 11.8 Å². The number of rotatable bonds is 3. The van der Waals surface area contributed by atoms with Gasteiger partial charge in [-0.3, -0.25) is 9.88 Å². The van der Waals surface area contributed by atoms with E-state index in [9.17, 15) is 0 Å². The van der Waals surface area contributed by atoms with Gasteiger partial charge in [-0.1, -0.05) is 0 Å². The van der Waals surface area contributed by atoms with Gasteiger partial charge in [-0.05, 0) is 18.2 Å². The molecule has 5 heterocycles. The van der Waals surface area contributed by atoms with Gasteiger partial charge in [0.1, 0.15) is 11.3 Å². The zero-order chi connectivity index (χ0) is 17.3. The predicted octanol–water partition coefficient (Wildman–Crippen LogP) is 0.826. The molecule has 3 aromatic heterocycles. The third kappa shape index (κ3) is 2.82. The number of fused-ring (bicyclic) bond motifs is 1. The van der Waals surface area contributed by atoms with Crippen molar-refractivity contribution < 1.29 is 0 Å². The van der Waals surface area contributed by atoms with E-state index >= 15 is 0 Å². The molecule has 2 fully saturated rings. The monoisotopic (exact) mass is 348 g/mol. The Balaban J connectivity index is 1.18. The summed E-state index contributed by atoms with van der Waals surface area (Å²) in [4.78, 5) is 29.1. The lowest BCUT2D eigenvalue weighted by molar-refractivity contribution is 0.156. The van der Waals surface area contributed by atoms with Gasteiger partial charge in [0.15, 0.2) is 5.65 Å². The third-order valence-corrected chi connectivity index (χ3v) is 5.17. The Labute approximate surface area is 151 Å². The minimum absolute atomic E-state index is 0.591. The van der Waals surface area contributed by atoms with Crippen LogP contribution >= 0.6 is 0 Å². The lowest BCUT2D eigenvalue weighted by Crippen LogP contribution is -2.63. The highest BCUT2D eigenvalue weighted by molar-refractivity contribution is 5.71. The topological polar surface area (TPSA) is 74.2 Å². The van der Waals surface area contributed by atoms with Crippen molar-refractivity contribution in [2.75, 3.05) is 49.1 Å². The first-order valence-electron chi connectivity index (χ1n) is 8.95. The normalized spacial score (nSPS) is 18.9. The second-order valence-electron chi connectivity index (χ2n) is 6.70. The van der Waals surface area contributed by atoms with Gasteiger partial charge in [0, 0.05) is 70.1 Å². The first-order valence-corrected chi connectivity index (χ1v) is 8.95. The van der Waals surface area contributed by atoms with E-state index in [1.165, 1.54) is 0 Å². The fourth-order valence-corrected chi connectivity index (χ4v) is 3.64. The van der Waals surface area contributed by atoms with Gasteiger partial charge in [-0.2, -0.15) is 0 Å². The number of piperazine rings is 1. The van der Waals surface area contributed by atoms with E-state index in [4.69, 9.17) is 0 Å². The fraction of sp³-hybridized carbons (Fsp3) is 0.389. The van der Waals surface area contributed by atoms with Crippen molar-refractivity contribution in [1.29, 1.82) is 0 Å². The van der Waals surface area contributed by atoms with Crippen LogP contribution in [-0.4, -0.2) is 75.1 Å². The Morgan fingerprint density at radius 3 is 2.35 bits per heavy atom. The molecule has 8 heteroatoms. The molecule has 132 valence electrons. The molecule has 8 nitrogen and oxygen atoms in total. The average Bonchev–Trinajstić information content (AvgIpc) is 2.68. The highest BCUT2D eigenvalue weighted by Crippen LogP contribution is 2.24. The van der Waals surface area contributed by atoms with Crippen molar-refractivity contribution in [2.45, 2.75) is 6.04 Å². The van der Waals surface area contributed by atoms with Crippen molar-refractivity contribution in [3.63, 3.8) is 0 Å². The summed E-state index contributed by atoms with van der Waals surface area (Å²) >= 11 is 0. The maximum atomic E-state index is 4.64. The molecule has 0 radical (unpaired) electrons. The smallest absolute Gasteiger partial charge is 0.225 e. The lowest BCUT2D eigenvalue weighted by Gasteiger charge is -2.48. The van der Waals surface area contributed by atoms with E-state index in [1.54, 1.807) is 24.8 Å². The van der Waals surface area contributed by atoms with Crippen LogP contribution < -0.4 is 9.80 Å². The summed E-state index contributed by atoms with van der Waals surface area (Å²) in [6.45, 7) is 6.08. The Kier molecular flexibility index (Phi) is 3.82. The molecule has 0 amide bonds. The molecule has 0 bridgehead atoms. The molecular weight excluding hydrogens is 328 g/mol. The van der Waals surface area contributed by atoms with Crippen LogP contribution in [0.3, 0.4) is 0 Å². The fourth-order valence-electron chi connectivity index (χ4n) is 3.64. The van der Waals surface area contributed by atoms with Crippen LogP contribution in [-0.2, 0) is 0 Å². The van der Waals surface area contributed by atoms with E-state index < -0.39 is 0 Å². The van der Waals surface area contributed by atoms with Crippen molar-refractivity contribution in [3.05, 3.63) is 43.0 Å². The Bertz CT molecular complexity index is 888. The zero-order valence-electron chi connectivity index (χ0n) is 14.4. The predicted molar refractivity (Wildman–Crippen MR) is 99.2 cm³/mol. The Hall–Kier alpha value is -2.87. The van der Waals surface area contributed by atoms with Gasteiger partial charge < -0.3 is 9.80 Å². The highest BCUT2D eigenvalue weighted by atomic mass is 15.4. The first-order chi connectivity index (χ1) is 12.9. The highest BCUT2D eigenvalue weighted by Gasteiger charge is 2.34. The quantitative estimate of drug-likeness (QED) is 0.689. The van der Waals surface area contributed by atoms with Crippen LogP contribution in [0.5, 0.6) is 0 Å². The third-order valence-electron chi connectivity index (χ3n) is 5.17. The van der Waals surface area contributed by atoms with Crippen molar-refractivity contribution >= 4 is 22.9 Å². The molecule has 0 saturated carbocycles. The summed E-state index contributed by atoms with van der Waals surface area (Å²) < 4.78 is 0. The van der Waals surface area contributed by atoms with E-state index in [2.05, 4.69) is 39.6 Å². The van der Waals surface area contributed by atoms with Crippen molar-refractivity contribution in [2.24, 2.45) is 0 Å². The molecule has 2 saturated heterocycles. The minimum Gasteiger partial charge on any atom is -0.353 e. The SMILES string of the molecule is c1cnc(N2CCN(C3CN(c4ccc5nccnc5n4)C3)CC2)nc1. The van der Waals surface area contributed by atoms with Crippen molar-refractivity contribution in [1.82, 2.24) is 29.8 Å². The van der Waals surface area contributed by atoms with E-state index in [0.29, 0.717) is 11.7 Å². The zero-order valence-corrected chi connectivity index (χ0v) is 14.4. The van der Waals surface area contributed by atoms with Gasteiger partial charge >= 0.3 is 0 Å². The van der Waals surface area contributed by atoms with Crippen LogP contribution in [0.25, 0.3) is 11.2 Å². The molecule has 0 aromatic carbocycles. The van der Waals surface area contributed by atoms with Gasteiger partial charge in [0.2, 0.25) is 5.95 Å². The first kappa shape index (κ1) is 15.4. The standard InChI is InChI=1S/C18H20N8/c1-4-21-18(22-5-1)25-10-8-24(9-11-25)14-12-26(13-14)16-3-2-15-17(23-16)20-7-6-19-15/h1-7,14H,8-13H2. The van der Waals surface area contributed by atoms with Gasteiger partial charge in [-0.25, -0.2) is 19.9 Å². The molecule has 0 N–H and O–H groups in total. The summed E-state index contributed by atoms with van der Waals surface area (Å²) in [5.41, 5.74) is 1.55. The summed E-state index contributed by atoms with van der Waals surface area (Å²) in [6.07, 6.45) is 7.00. The number of hydrogen-bond donors (Lipinski definition) is 0. The molecule has 0 aliphatic carbocycles. The number of pyridine rings is 1. The molecule has 0 unspecified atom stereocenters. The maximum Gasteiger partial charge on any atom is 0.225 e. The summed E-state index contributed by atoms with van der Waals surface area (Å²) in [6, 6.07) is 6.48. The van der Waals surface area contributed by atoms with Crippen molar-refractivity contribution in [3.8, 4) is 0 Å². The Morgan fingerprint density at radius 1 is 0.769 bits per heavy atom. The summed E-state index contributed by atoms with van der Waals surface area (Å²) in [7, 11) is 0. The molecule has 0 atom stereocenters. The Morgan fingerprint density at radius 2 is 1.54 bits per heavy atom. The molecule has 26 heavy (non-hydrogen) atoms. The van der Waals surface area contributed by atoms with Crippen LogP contribution in [0.2, 0.25) is 0 Å². The second kappa shape index (κ2) is 6.45. The van der Waals surface area contributed by atoms with E-state index in [1.807, 2.05) is 18.2 Å². The van der Waals surface area contributed by atoms with Gasteiger partial charge in [0.25, 0.3) is 0 Å². The number of hydrogen-bond acceptors (Lipinski definition) is 8. The summed E-state index contributed by atoms with van der Waals surface area (Å²) in [5.74, 6) is 1.83. The number of anilines is 2. The van der Waals surface area contributed by atoms with Gasteiger partial charge in [-0.15, -0.1) is 0 Å². The summed E-state index contributed by atoms with van der Waals surface area (Å²) in [5, 5.41) is 0. The van der Waals surface area contributed by atoms with Crippen LogP contribution in [0.15, 0.2) is 43.0 Å². The van der Waals surface area contributed by atoms with Crippen LogP contribution in [0, 0.1) is 0 Å². The van der Waals surface area contributed by atoms with Gasteiger partial charge in [0.05, 0.1) is 0 Å².